The number of nitrogens with zero attached hydrogens (tertiary/aromatic N) is 1. The number of ether oxygens (including phenoxy) is 1. The summed E-state index contributed by atoms with van der Waals surface area (Å²) in [5.74, 6) is -1.71. The van der Waals surface area contributed by atoms with Gasteiger partial charge < -0.3 is 10.1 Å². The minimum Gasteiger partial charge on any atom is -0.494 e. The predicted molar refractivity (Wildman–Crippen MR) is 144 cm³/mol. The van der Waals surface area contributed by atoms with Crippen molar-refractivity contribution in [2.45, 2.75) is 24.7 Å². The number of sulfonamides is 1. The quantitative estimate of drug-likeness (QED) is 0.284. The van der Waals surface area contributed by atoms with Crippen molar-refractivity contribution >= 4 is 16.1 Å². The maximum absolute atomic E-state index is 14.2. The topological polar surface area (TPSA) is 97.4 Å². The van der Waals surface area contributed by atoms with E-state index in [-0.39, 0.29) is 17.0 Å². The molecule has 0 bridgehead atoms. The molecule has 1 unspecified atom stereocenters. The van der Waals surface area contributed by atoms with Gasteiger partial charge in [0.15, 0.2) is 0 Å². The molecule has 1 atom stereocenters. The molecule has 0 fully saturated rings. The molecule has 4 rings (SSSR count). The van der Waals surface area contributed by atoms with Gasteiger partial charge in [-0.15, -0.1) is 0 Å². The lowest BCUT2D eigenvalue weighted by atomic mass is 9.89. The summed E-state index contributed by atoms with van der Waals surface area (Å²) in [7, 11) is -4.15. The van der Waals surface area contributed by atoms with Crippen molar-refractivity contribution in [1.29, 1.82) is 0 Å². The summed E-state index contributed by atoms with van der Waals surface area (Å²) in [4.78, 5) is 17.2. The fraction of sp³-hybridized carbons (Fsp3) is 0.172. The van der Waals surface area contributed by atoms with Gasteiger partial charge in [-0.1, -0.05) is 36.4 Å². The Morgan fingerprint density at radius 1 is 0.974 bits per heavy atom. The number of carbonyl (C=O) groups is 1. The molecule has 1 aromatic heterocycles. The number of benzene rings is 3. The lowest BCUT2D eigenvalue weighted by Crippen LogP contribution is -2.41. The number of pyridine rings is 1. The first kappa shape index (κ1) is 27.7. The van der Waals surface area contributed by atoms with Crippen LogP contribution >= 0.6 is 0 Å². The van der Waals surface area contributed by atoms with E-state index in [1.165, 1.54) is 6.07 Å². The van der Waals surface area contributed by atoms with Crippen LogP contribution < -0.4 is 14.8 Å². The second-order valence-corrected chi connectivity index (χ2v) is 10.4. The molecule has 0 saturated heterocycles. The van der Waals surface area contributed by atoms with E-state index >= 15 is 0 Å². The van der Waals surface area contributed by atoms with Crippen LogP contribution in [0.2, 0.25) is 0 Å². The lowest BCUT2D eigenvalue weighted by Gasteiger charge is -2.21. The second kappa shape index (κ2) is 12.0. The normalized spacial score (nSPS) is 12.0. The molecule has 2 N–H and O–H groups in total. The third-order valence-electron chi connectivity index (χ3n) is 6.01. The Kier molecular flexibility index (Phi) is 8.55. The first-order chi connectivity index (χ1) is 18.7. The van der Waals surface area contributed by atoms with Crippen molar-refractivity contribution < 1.29 is 26.7 Å². The highest BCUT2D eigenvalue weighted by Gasteiger charge is 2.24. The first-order valence-corrected chi connectivity index (χ1v) is 13.7. The SMILES string of the molecule is CCOc1ccc(-c2cccnc2C(CNC(=O)NS(=O)(=O)c2ccccc2C)c2cc(F)cc(F)c2)cc1. The van der Waals surface area contributed by atoms with Crippen LogP contribution in [0.3, 0.4) is 0 Å². The smallest absolute Gasteiger partial charge is 0.328 e. The van der Waals surface area contributed by atoms with Crippen LogP contribution in [-0.2, 0) is 10.0 Å². The van der Waals surface area contributed by atoms with Crippen molar-refractivity contribution in [3.05, 3.63) is 114 Å². The molecule has 0 saturated carbocycles. The van der Waals surface area contributed by atoms with Gasteiger partial charge in [0.2, 0.25) is 0 Å². The Labute approximate surface area is 225 Å². The summed E-state index contributed by atoms with van der Waals surface area (Å²) in [5.41, 5.74) is 2.58. The summed E-state index contributed by atoms with van der Waals surface area (Å²) in [6.07, 6.45) is 1.54. The lowest BCUT2D eigenvalue weighted by molar-refractivity contribution is 0.245. The number of nitrogens with one attached hydrogen (secondary N) is 2. The zero-order valence-corrected chi connectivity index (χ0v) is 22.1. The third kappa shape index (κ3) is 6.77. The van der Waals surface area contributed by atoms with Gasteiger partial charge in [-0.25, -0.2) is 26.7 Å². The van der Waals surface area contributed by atoms with Gasteiger partial charge in [0, 0.05) is 30.3 Å². The number of aromatic nitrogens is 1. The minimum atomic E-state index is -4.15. The summed E-state index contributed by atoms with van der Waals surface area (Å²) >= 11 is 0. The number of rotatable bonds is 9. The van der Waals surface area contributed by atoms with Gasteiger partial charge in [0.05, 0.1) is 17.2 Å². The van der Waals surface area contributed by atoms with E-state index in [4.69, 9.17) is 4.74 Å². The van der Waals surface area contributed by atoms with E-state index in [1.54, 1.807) is 49.5 Å². The molecule has 0 aliphatic rings. The number of amides is 2. The number of hydrogen-bond acceptors (Lipinski definition) is 5. The van der Waals surface area contributed by atoms with Crippen molar-refractivity contribution in [3.63, 3.8) is 0 Å². The fourth-order valence-corrected chi connectivity index (χ4v) is 5.43. The molecule has 10 heteroatoms. The molecular formula is C29H27F2N3O4S. The van der Waals surface area contributed by atoms with Crippen molar-refractivity contribution in [2.24, 2.45) is 0 Å². The molecule has 0 aliphatic heterocycles. The number of aryl methyl sites for hydroxylation is 1. The molecule has 1 heterocycles. The molecule has 0 aliphatic carbocycles. The van der Waals surface area contributed by atoms with E-state index in [2.05, 4.69) is 10.3 Å². The molecule has 7 nitrogen and oxygen atoms in total. The molecule has 202 valence electrons. The predicted octanol–water partition coefficient (Wildman–Crippen LogP) is 5.55. The average Bonchev–Trinajstić information content (AvgIpc) is 2.89. The number of halogens is 2. The van der Waals surface area contributed by atoms with Gasteiger partial charge in [-0.05, 0) is 66.9 Å². The highest BCUT2D eigenvalue weighted by molar-refractivity contribution is 7.90. The van der Waals surface area contributed by atoms with Gasteiger partial charge in [0.25, 0.3) is 10.0 Å². The second-order valence-electron chi connectivity index (χ2n) is 8.73. The maximum atomic E-state index is 14.2. The molecule has 2 amide bonds. The monoisotopic (exact) mass is 551 g/mol. The number of carbonyl (C=O) groups excluding carboxylic acids is 1. The molecule has 39 heavy (non-hydrogen) atoms. The van der Waals surface area contributed by atoms with E-state index in [9.17, 15) is 22.0 Å². The Balaban J connectivity index is 1.66. The first-order valence-electron chi connectivity index (χ1n) is 12.2. The number of hydrogen-bond donors (Lipinski definition) is 2. The minimum absolute atomic E-state index is 0.0357. The van der Waals surface area contributed by atoms with Crippen LogP contribution in [0.15, 0.2) is 90.0 Å². The summed E-state index contributed by atoms with van der Waals surface area (Å²) in [6.45, 7) is 3.81. The summed E-state index contributed by atoms with van der Waals surface area (Å²) in [6, 6.07) is 19.1. The fourth-order valence-electron chi connectivity index (χ4n) is 4.25. The van der Waals surface area contributed by atoms with Crippen LogP contribution in [0.4, 0.5) is 13.6 Å². The van der Waals surface area contributed by atoms with Crippen molar-refractivity contribution in [2.75, 3.05) is 13.2 Å². The van der Waals surface area contributed by atoms with Crippen LogP contribution in [0.25, 0.3) is 11.1 Å². The Morgan fingerprint density at radius 3 is 2.33 bits per heavy atom. The largest absolute Gasteiger partial charge is 0.494 e. The van der Waals surface area contributed by atoms with Gasteiger partial charge in [-0.3, -0.25) is 4.98 Å². The highest BCUT2D eigenvalue weighted by atomic mass is 32.2. The van der Waals surface area contributed by atoms with E-state index in [0.29, 0.717) is 29.2 Å². The van der Waals surface area contributed by atoms with E-state index in [0.717, 1.165) is 23.8 Å². The molecule has 4 aromatic rings. The molecule has 3 aromatic carbocycles. The van der Waals surface area contributed by atoms with Crippen LogP contribution in [0.1, 0.15) is 29.7 Å². The van der Waals surface area contributed by atoms with E-state index < -0.39 is 33.6 Å². The van der Waals surface area contributed by atoms with Gasteiger partial charge in [0.1, 0.15) is 17.4 Å². The summed E-state index contributed by atoms with van der Waals surface area (Å²) in [5, 5.41) is 2.53. The Morgan fingerprint density at radius 2 is 1.67 bits per heavy atom. The standard InChI is InChI=1S/C29H27F2N3O4S/c1-3-38-24-12-10-20(11-13-24)25-8-6-14-32-28(25)26(21-15-22(30)17-23(31)16-21)18-33-29(35)34-39(36,37)27-9-5-4-7-19(27)2/h4-17,26H,3,18H2,1-2H3,(H2,33,34,35). The summed E-state index contributed by atoms with van der Waals surface area (Å²) < 4.78 is 61.5. The average molecular weight is 552 g/mol. The van der Waals surface area contributed by atoms with Crippen molar-refractivity contribution in [1.82, 2.24) is 15.0 Å². The maximum Gasteiger partial charge on any atom is 0.328 e. The van der Waals surface area contributed by atoms with Crippen LogP contribution in [-0.4, -0.2) is 32.6 Å². The molecule has 0 radical (unpaired) electrons. The molecule has 0 spiro atoms. The van der Waals surface area contributed by atoms with E-state index in [1.807, 2.05) is 29.8 Å². The Bertz CT molecular complexity index is 1560. The van der Waals surface area contributed by atoms with Gasteiger partial charge >= 0.3 is 6.03 Å². The molecular weight excluding hydrogens is 524 g/mol. The number of urea groups is 1. The van der Waals surface area contributed by atoms with Crippen molar-refractivity contribution in [3.8, 4) is 16.9 Å². The van der Waals surface area contributed by atoms with Gasteiger partial charge in [-0.2, -0.15) is 0 Å². The van der Waals surface area contributed by atoms with Crippen LogP contribution in [0, 0.1) is 18.6 Å². The zero-order valence-electron chi connectivity index (χ0n) is 21.3. The Hall–Kier alpha value is -4.31. The van der Waals surface area contributed by atoms with Crippen LogP contribution in [0.5, 0.6) is 5.75 Å². The third-order valence-corrected chi connectivity index (χ3v) is 7.50. The highest BCUT2D eigenvalue weighted by Crippen LogP contribution is 2.33. The zero-order chi connectivity index (χ0) is 28.0.